The first-order chi connectivity index (χ1) is 14.7. The Morgan fingerprint density at radius 2 is 2.03 bits per heavy atom. The number of aromatic nitrogens is 2. The number of benzene rings is 2. The predicted molar refractivity (Wildman–Crippen MR) is 116 cm³/mol. The number of rotatable bonds is 2. The average molecular weight is 418 g/mol. The van der Waals surface area contributed by atoms with Crippen LogP contribution in [0, 0.1) is 6.92 Å². The summed E-state index contributed by atoms with van der Waals surface area (Å²) in [6.45, 7) is 3.71. The van der Waals surface area contributed by atoms with E-state index in [0.717, 1.165) is 75.6 Å². The number of aryl methyl sites for hydroxylation is 1. The molecule has 0 saturated carbocycles. The van der Waals surface area contributed by atoms with E-state index in [1.807, 2.05) is 37.3 Å². The van der Waals surface area contributed by atoms with Crippen LogP contribution in [-0.4, -0.2) is 16.7 Å². The molecule has 2 aromatic heterocycles. The Bertz CT molecular complexity index is 1300. The molecule has 1 atom stereocenters. The smallest absolute Gasteiger partial charge is 0.182 e. The molecule has 150 valence electrons. The standard InChI is InChI=1S/C24H20ClN3O2/c1-13-8-17(16-4-2-3-5-20(16)27-13)18-11-15(25)9-14-10-22(29-23(14)18)24-19-12-26-7-6-21(19)28-30-24/h2-5,8-9,11,22,26H,6-7,10,12H2,1H3. The molecule has 0 spiro atoms. The van der Waals surface area contributed by atoms with Crippen molar-refractivity contribution in [1.29, 1.82) is 0 Å². The van der Waals surface area contributed by atoms with Crippen molar-refractivity contribution in [2.24, 2.45) is 0 Å². The van der Waals surface area contributed by atoms with Crippen LogP contribution < -0.4 is 10.1 Å². The summed E-state index contributed by atoms with van der Waals surface area (Å²) >= 11 is 6.54. The van der Waals surface area contributed by atoms with Crippen molar-refractivity contribution in [2.75, 3.05) is 6.54 Å². The third kappa shape index (κ3) is 2.81. The highest BCUT2D eigenvalue weighted by atomic mass is 35.5. The maximum absolute atomic E-state index is 6.54. The Balaban J connectivity index is 1.48. The van der Waals surface area contributed by atoms with Crippen molar-refractivity contribution in [3.8, 4) is 16.9 Å². The molecule has 6 rings (SSSR count). The fourth-order valence-electron chi connectivity index (χ4n) is 4.62. The van der Waals surface area contributed by atoms with Crippen molar-refractivity contribution in [3.63, 3.8) is 0 Å². The van der Waals surface area contributed by atoms with Gasteiger partial charge in [-0.3, -0.25) is 4.98 Å². The lowest BCUT2D eigenvalue weighted by atomic mass is 9.96. The minimum Gasteiger partial charge on any atom is -0.481 e. The first-order valence-electron chi connectivity index (χ1n) is 10.2. The van der Waals surface area contributed by atoms with Gasteiger partial charge in [-0.05, 0) is 36.8 Å². The molecule has 0 fully saturated rings. The molecular weight excluding hydrogens is 398 g/mol. The van der Waals surface area contributed by atoms with Crippen LogP contribution in [0.5, 0.6) is 5.75 Å². The summed E-state index contributed by atoms with van der Waals surface area (Å²) in [6.07, 6.45) is 1.41. The molecule has 2 aliphatic rings. The Morgan fingerprint density at radius 3 is 2.97 bits per heavy atom. The predicted octanol–water partition coefficient (Wildman–Crippen LogP) is 5.17. The molecule has 0 aliphatic carbocycles. The van der Waals surface area contributed by atoms with Crippen molar-refractivity contribution in [2.45, 2.75) is 32.4 Å². The van der Waals surface area contributed by atoms with E-state index in [2.05, 4.69) is 27.6 Å². The van der Waals surface area contributed by atoms with Gasteiger partial charge in [0.05, 0.1) is 11.2 Å². The van der Waals surface area contributed by atoms with Gasteiger partial charge in [0.15, 0.2) is 11.9 Å². The van der Waals surface area contributed by atoms with Crippen LogP contribution in [0.15, 0.2) is 47.0 Å². The Labute approximate surface area is 179 Å². The average Bonchev–Trinajstić information content (AvgIpc) is 3.36. The van der Waals surface area contributed by atoms with Crippen LogP contribution in [0.3, 0.4) is 0 Å². The van der Waals surface area contributed by atoms with E-state index in [1.54, 1.807) is 0 Å². The van der Waals surface area contributed by atoms with Gasteiger partial charge in [0, 0.05) is 58.7 Å². The molecule has 4 aromatic rings. The molecule has 6 heteroatoms. The van der Waals surface area contributed by atoms with Gasteiger partial charge in [0.25, 0.3) is 0 Å². The monoisotopic (exact) mass is 417 g/mol. The van der Waals surface area contributed by atoms with E-state index in [0.29, 0.717) is 11.4 Å². The van der Waals surface area contributed by atoms with Crippen LogP contribution in [-0.2, 0) is 19.4 Å². The number of nitrogens with zero attached hydrogens (tertiary/aromatic N) is 2. The SMILES string of the molecule is Cc1cc(-c2cc(Cl)cc3c2OC(c2onc4c2CNCC4)C3)c2ccccc2n1. The van der Waals surface area contributed by atoms with Crippen LogP contribution in [0.4, 0.5) is 0 Å². The molecule has 0 amide bonds. The summed E-state index contributed by atoms with van der Waals surface area (Å²) < 4.78 is 12.2. The summed E-state index contributed by atoms with van der Waals surface area (Å²) in [5.41, 5.74) is 7.27. The van der Waals surface area contributed by atoms with E-state index >= 15 is 0 Å². The molecule has 30 heavy (non-hydrogen) atoms. The number of ether oxygens (including phenoxy) is 1. The molecule has 1 unspecified atom stereocenters. The zero-order valence-corrected chi connectivity index (χ0v) is 17.3. The number of halogens is 1. The van der Waals surface area contributed by atoms with Gasteiger partial charge in [-0.1, -0.05) is 35.0 Å². The lowest BCUT2D eigenvalue weighted by molar-refractivity contribution is 0.189. The first kappa shape index (κ1) is 17.9. The number of nitrogens with one attached hydrogen (secondary N) is 1. The molecule has 0 bridgehead atoms. The molecular formula is C24H20ClN3O2. The number of hydrogen-bond acceptors (Lipinski definition) is 5. The summed E-state index contributed by atoms with van der Waals surface area (Å²) in [5, 5.41) is 9.47. The van der Waals surface area contributed by atoms with Gasteiger partial charge in [0.1, 0.15) is 5.75 Å². The van der Waals surface area contributed by atoms with Crippen LogP contribution >= 0.6 is 11.6 Å². The molecule has 4 heterocycles. The number of pyridine rings is 1. The summed E-state index contributed by atoms with van der Waals surface area (Å²) in [5.74, 6) is 1.69. The van der Waals surface area contributed by atoms with Crippen LogP contribution in [0.1, 0.15) is 34.4 Å². The molecule has 2 aromatic carbocycles. The maximum atomic E-state index is 6.54. The van der Waals surface area contributed by atoms with Crippen LogP contribution in [0.25, 0.3) is 22.0 Å². The van der Waals surface area contributed by atoms with Gasteiger partial charge in [-0.2, -0.15) is 0 Å². The second-order valence-electron chi connectivity index (χ2n) is 7.98. The summed E-state index contributed by atoms with van der Waals surface area (Å²) in [6, 6.07) is 14.3. The van der Waals surface area contributed by atoms with E-state index in [1.165, 1.54) is 0 Å². The quantitative estimate of drug-likeness (QED) is 0.487. The van der Waals surface area contributed by atoms with E-state index < -0.39 is 0 Å². The highest BCUT2D eigenvalue weighted by Crippen LogP contribution is 2.47. The summed E-state index contributed by atoms with van der Waals surface area (Å²) in [4.78, 5) is 4.68. The zero-order valence-electron chi connectivity index (χ0n) is 16.5. The molecule has 5 nitrogen and oxygen atoms in total. The highest BCUT2D eigenvalue weighted by Gasteiger charge is 2.34. The number of fused-ring (bicyclic) bond motifs is 3. The van der Waals surface area contributed by atoms with E-state index in [4.69, 9.17) is 20.9 Å². The van der Waals surface area contributed by atoms with Gasteiger partial charge in [0.2, 0.25) is 0 Å². The zero-order chi connectivity index (χ0) is 20.2. The third-order valence-electron chi connectivity index (χ3n) is 5.96. The largest absolute Gasteiger partial charge is 0.481 e. The fourth-order valence-corrected chi connectivity index (χ4v) is 4.86. The van der Waals surface area contributed by atoms with Crippen molar-refractivity contribution >= 4 is 22.5 Å². The van der Waals surface area contributed by atoms with Crippen molar-refractivity contribution in [3.05, 3.63) is 75.8 Å². The van der Waals surface area contributed by atoms with Gasteiger partial charge >= 0.3 is 0 Å². The minimum atomic E-state index is -0.192. The Hall–Kier alpha value is -2.89. The Kier molecular flexibility index (Phi) is 4.08. The topological polar surface area (TPSA) is 60.2 Å². The van der Waals surface area contributed by atoms with Crippen molar-refractivity contribution < 1.29 is 9.26 Å². The second kappa shape index (κ2) is 6.83. The molecule has 1 N–H and O–H groups in total. The van der Waals surface area contributed by atoms with E-state index in [-0.39, 0.29) is 6.10 Å². The van der Waals surface area contributed by atoms with Gasteiger partial charge in [-0.15, -0.1) is 0 Å². The highest BCUT2D eigenvalue weighted by molar-refractivity contribution is 6.31. The molecule has 0 saturated heterocycles. The van der Waals surface area contributed by atoms with Crippen molar-refractivity contribution in [1.82, 2.24) is 15.5 Å². The van der Waals surface area contributed by atoms with Gasteiger partial charge < -0.3 is 14.6 Å². The lowest BCUT2D eigenvalue weighted by Crippen LogP contribution is -2.24. The number of hydrogen-bond donors (Lipinski definition) is 1. The van der Waals surface area contributed by atoms with E-state index in [9.17, 15) is 0 Å². The first-order valence-corrected chi connectivity index (χ1v) is 10.6. The number of para-hydroxylation sites is 1. The van der Waals surface area contributed by atoms with Gasteiger partial charge in [-0.25, -0.2) is 0 Å². The minimum absolute atomic E-state index is 0.192. The molecule has 0 radical (unpaired) electrons. The second-order valence-corrected chi connectivity index (χ2v) is 8.42. The fraction of sp³-hybridized carbons (Fsp3) is 0.250. The van der Waals surface area contributed by atoms with Crippen LogP contribution in [0.2, 0.25) is 5.02 Å². The summed E-state index contributed by atoms with van der Waals surface area (Å²) in [7, 11) is 0. The Morgan fingerprint density at radius 1 is 1.13 bits per heavy atom. The maximum Gasteiger partial charge on any atom is 0.182 e. The third-order valence-corrected chi connectivity index (χ3v) is 6.18. The normalized spacial score (nSPS) is 17.6. The molecule has 2 aliphatic heterocycles. The lowest BCUT2D eigenvalue weighted by Gasteiger charge is -2.15.